The monoisotopic (exact) mass is 253 g/mol. The van der Waals surface area contributed by atoms with Crippen LogP contribution in [0.2, 0.25) is 0 Å². The first-order valence-corrected chi connectivity index (χ1v) is 7.15. The summed E-state index contributed by atoms with van der Waals surface area (Å²) >= 11 is 0. The van der Waals surface area contributed by atoms with Crippen LogP contribution < -0.4 is 5.73 Å². The number of aliphatic hydroxyl groups is 1. The first-order chi connectivity index (χ1) is 7.19. The fraction of sp³-hybridized carbons (Fsp3) is 1.00. The molecule has 1 fully saturated rings. The van der Waals surface area contributed by atoms with Crippen molar-refractivity contribution in [2.24, 2.45) is 11.7 Å². The lowest BCUT2D eigenvalue weighted by Crippen LogP contribution is -2.44. The molecule has 0 heterocycles. The van der Waals surface area contributed by atoms with Gasteiger partial charge in [-0.1, -0.05) is 19.8 Å². The molecule has 5 nitrogen and oxygen atoms in total. The molecule has 2 atom stereocenters. The topological polar surface area (TPSA) is 101 Å². The third kappa shape index (κ3) is 7.16. The standard InChI is InChI=1S/C8H17N.C2H6O4S/c1-7-5-3-4-6-8(7,2)9;3-1-2-7(4,5)6/h7H,3-6,9H2,1-2H3;3H,1-2H2,(H,4,5,6). The molecule has 98 valence electrons. The number of nitrogens with two attached hydrogens (primary N) is 1. The molecule has 0 saturated heterocycles. The van der Waals surface area contributed by atoms with Gasteiger partial charge >= 0.3 is 0 Å². The van der Waals surface area contributed by atoms with E-state index in [1.165, 1.54) is 25.7 Å². The molecule has 0 aliphatic heterocycles. The molecular weight excluding hydrogens is 230 g/mol. The van der Waals surface area contributed by atoms with Gasteiger partial charge in [-0.05, 0) is 25.7 Å². The van der Waals surface area contributed by atoms with Crippen LogP contribution in [0.1, 0.15) is 39.5 Å². The van der Waals surface area contributed by atoms with Crippen LogP contribution in [-0.2, 0) is 10.1 Å². The lowest BCUT2D eigenvalue weighted by molar-refractivity contribution is 0.226. The SMILES string of the molecule is CC1CCCCC1(C)N.O=S(=O)(O)CCO. The second-order valence-electron chi connectivity index (χ2n) is 4.66. The van der Waals surface area contributed by atoms with Crippen molar-refractivity contribution in [3.8, 4) is 0 Å². The van der Waals surface area contributed by atoms with Gasteiger partial charge in [0.2, 0.25) is 0 Å². The Balaban J connectivity index is 0.000000293. The molecule has 2 unspecified atom stereocenters. The Bertz CT molecular complexity index is 287. The molecule has 1 aliphatic carbocycles. The Labute approximate surface area is 97.8 Å². The number of hydrogen-bond donors (Lipinski definition) is 3. The van der Waals surface area contributed by atoms with Gasteiger partial charge in [0.15, 0.2) is 0 Å². The third-order valence-electron chi connectivity index (χ3n) is 3.08. The maximum absolute atomic E-state index is 9.63. The molecule has 0 spiro atoms. The molecule has 16 heavy (non-hydrogen) atoms. The van der Waals surface area contributed by atoms with Crippen LogP contribution in [0.25, 0.3) is 0 Å². The summed E-state index contributed by atoms with van der Waals surface area (Å²) in [7, 11) is -3.92. The van der Waals surface area contributed by atoms with Crippen LogP contribution in [0.3, 0.4) is 0 Å². The highest BCUT2D eigenvalue weighted by atomic mass is 32.2. The quantitative estimate of drug-likeness (QED) is 0.631. The van der Waals surface area contributed by atoms with Gasteiger partial charge in [0.25, 0.3) is 10.1 Å². The summed E-state index contributed by atoms with van der Waals surface area (Å²) in [5, 5.41) is 7.86. The minimum absolute atomic E-state index is 0.137. The van der Waals surface area contributed by atoms with Gasteiger partial charge in [-0.2, -0.15) is 8.42 Å². The van der Waals surface area contributed by atoms with E-state index in [0.29, 0.717) is 0 Å². The van der Waals surface area contributed by atoms with Gasteiger partial charge in [-0.3, -0.25) is 4.55 Å². The van der Waals surface area contributed by atoms with E-state index in [9.17, 15) is 8.42 Å². The second-order valence-corrected chi connectivity index (χ2v) is 6.23. The van der Waals surface area contributed by atoms with E-state index < -0.39 is 22.5 Å². The second kappa shape index (κ2) is 6.54. The van der Waals surface area contributed by atoms with Crippen molar-refractivity contribution in [3.05, 3.63) is 0 Å². The van der Waals surface area contributed by atoms with Gasteiger partial charge in [0.05, 0.1) is 12.4 Å². The summed E-state index contributed by atoms with van der Waals surface area (Å²) in [6, 6.07) is 0. The van der Waals surface area contributed by atoms with Gasteiger partial charge in [0, 0.05) is 5.54 Å². The normalized spacial score (nSPS) is 30.4. The van der Waals surface area contributed by atoms with E-state index in [-0.39, 0.29) is 5.54 Å². The number of aliphatic hydroxyl groups excluding tert-OH is 1. The summed E-state index contributed by atoms with van der Waals surface area (Å²) in [6.45, 7) is 3.91. The number of hydrogen-bond acceptors (Lipinski definition) is 4. The van der Waals surface area contributed by atoms with Crippen molar-refractivity contribution >= 4 is 10.1 Å². The first-order valence-electron chi connectivity index (χ1n) is 5.54. The Morgan fingerprint density at radius 3 is 2.19 bits per heavy atom. The maximum Gasteiger partial charge on any atom is 0.267 e. The van der Waals surface area contributed by atoms with Crippen LogP contribution >= 0.6 is 0 Å². The van der Waals surface area contributed by atoms with Crippen molar-refractivity contribution in [2.75, 3.05) is 12.4 Å². The lowest BCUT2D eigenvalue weighted by Gasteiger charge is -2.35. The highest BCUT2D eigenvalue weighted by Crippen LogP contribution is 2.30. The Morgan fingerprint density at radius 2 is 2.00 bits per heavy atom. The van der Waals surface area contributed by atoms with Crippen LogP contribution in [0.15, 0.2) is 0 Å². The summed E-state index contributed by atoms with van der Waals surface area (Å²) < 4.78 is 27.1. The van der Waals surface area contributed by atoms with E-state index >= 15 is 0 Å². The zero-order valence-corrected chi connectivity index (χ0v) is 10.8. The van der Waals surface area contributed by atoms with Crippen molar-refractivity contribution in [1.29, 1.82) is 0 Å². The molecular formula is C10H23NO4S. The van der Waals surface area contributed by atoms with Gasteiger partial charge in [-0.25, -0.2) is 0 Å². The smallest absolute Gasteiger partial charge is 0.267 e. The third-order valence-corrected chi connectivity index (χ3v) is 3.78. The molecule has 0 radical (unpaired) electrons. The van der Waals surface area contributed by atoms with Crippen molar-refractivity contribution in [1.82, 2.24) is 0 Å². The summed E-state index contributed by atoms with van der Waals surface area (Å²) in [4.78, 5) is 0. The Kier molecular flexibility index (Phi) is 6.47. The first kappa shape index (κ1) is 15.8. The predicted molar refractivity (Wildman–Crippen MR) is 63.7 cm³/mol. The summed E-state index contributed by atoms with van der Waals surface area (Å²) in [5.41, 5.74) is 6.16. The summed E-state index contributed by atoms with van der Waals surface area (Å²) in [5.74, 6) is 0.152. The van der Waals surface area contributed by atoms with Crippen LogP contribution in [0, 0.1) is 5.92 Å². The van der Waals surface area contributed by atoms with Crippen molar-refractivity contribution in [2.45, 2.75) is 45.1 Å². The largest absolute Gasteiger partial charge is 0.395 e. The fourth-order valence-corrected chi connectivity index (χ4v) is 1.88. The molecule has 1 saturated carbocycles. The Hall–Kier alpha value is -0.170. The Morgan fingerprint density at radius 1 is 1.44 bits per heavy atom. The van der Waals surface area contributed by atoms with Gasteiger partial charge < -0.3 is 10.8 Å². The molecule has 1 aliphatic rings. The average molecular weight is 253 g/mol. The minimum atomic E-state index is -3.92. The van der Waals surface area contributed by atoms with E-state index in [4.69, 9.17) is 15.4 Å². The molecule has 0 aromatic carbocycles. The van der Waals surface area contributed by atoms with E-state index in [1.807, 2.05) is 0 Å². The van der Waals surface area contributed by atoms with Gasteiger partial charge in [0.1, 0.15) is 0 Å². The minimum Gasteiger partial charge on any atom is -0.395 e. The zero-order chi connectivity index (χ0) is 12.8. The van der Waals surface area contributed by atoms with E-state index in [0.717, 1.165) is 5.92 Å². The highest BCUT2D eigenvalue weighted by molar-refractivity contribution is 7.85. The van der Waals surface area contributed by atoms with E-state index in [1.54, 1.807) is 0 Å². The fourth-order valence-electron chi connectivity index (χ4n) is 1.65. The molecule has 1 rings (SSSR count). The van der Waals surface area contributed by atoms with Gasteiger partial charge in [-0.15, -0.1) is 0 Å². The molecule has 0 bridgehead atoms. The molecule has 0 aromatic rings. The molecule has 0 aromatic heterocycles. The zero-order valence-electron chi connectivity index (χ0n) is 10.0. The molecule has 4 N–H and O–H groups in total. The van der Waals surface area contributed by atoms with Crippen LogP contribution in [0.4, 0.5) is 0 Å². The highest BCUT2D eigenvalue weighted by Gasteiger charge is 2.28. The number of rotatable bonds is 2. The predicted octanol–water partition coefficient (Wildman–Crippen LogP) is 0.780. The molecule has 6 heteroatoms. The average Bonchev–Trinajstić information content (AvgIpc) is 2.09. The van der Waals surface area contributed by atoms with Crippen molar-refractivity contribution in [3.63, 3.8) is 0 Å². The summed E-state index contributed by atoms with van der Waals surface area (Å²) in [6.07, 6.45) is 5.26. The lowest BCUT2D eigenvalue weighted by atomic mass is 9.76. The van der Waals surface area contributed by atoms with E-state index in [2.05, 4.69) is 13.8 Å². The van der Waals surface area contributed by atoms with Crippen LogP contribution in [-0.4, -0.2) is 36.0 Å². The van der Waals surface area contributed by atoms with Crippen LogP contribution in [0.5, 0.6) is 0 Å². The van der Waals surface area contributed by atoms with Crippen molar-refractivity contribution < 1.29 is 18.1 Å². The maximum atomic E-state index is 9.63. The molecule has 0 amide bonds.